The highest BCUT2D eigenvalue weighted by atomic mass is 32.2. The van der Waals surface area contributed by atoms with Gasteiger partial charge in [0, 0.05) is 0 Å². The van der Waals surface area contributed by atoms with Gasteiger partial charge in [-0.1, -0.05) is 0 Å². The maximum atomic E-state index is 10.7. The zero-order chi connectivity index (χ0) is 14.0. The largest absolute Gasteiger partial charge is 0.479 e. The Morgan fingerprint density at radius 2 is 1.65 bits per heavy atom. The number of carboxylic acids is 1. The molecule has 0 aromatic rings. The van der Waals surface area contributed by atoms with Crippen molar-refractivity contribution in [2.45, 2.75) is 23.2 Å². The molecule has 0 amide bonds. The standard InChI is InChI=1S/C6H10O10S/c7-1-2(8)6(13,17(14,15)16)4(10)3(9)5(11)12/h1-4,8-10,13H,(H,11,12)(H,14,15,16)/t2-,3-,4+,6-/m0/s1. The van der Waals surface area contributed by atoms with E-state index >= 15 is 0 Å². The lowest BCUT2D eigenvalue weighted by atomic mass is 10.0. The second-order valence-corrected chi connectivity index (χ2v) is 4.64. The van der Waals surface area contributed by atoms with E-state index in [0.29, 0.717) is 0 Å². The number of carboxylic acid groups (broad SMARTS) is 1. The molecular weight excluding hydrogens is 264 g/mol. The average molecular weight is 274 g/mol. The van der Waals surface area contributed by atoms with Crippen LogP contribution in [0, 0.1) is 0 Å². The molecule has 11 heteroatoms. The predicted octanol–water partition coefficient (Wildman–Crippen LogP) is -4.07. The summed E-state index contributed by atoms with van der Waals surface area (Å²) < 4.78 is 30.1. The first-order valence-electron chi connectivity index (χ1n) is 3.91. The first-order valence-corrected chi connectivity index (χ1v) is 5.35. The summed E-state index contributed by atoms with van der Waals surface area (Å²) in [5, 5.41) is 44.4. The number of aliphatic carboxylic acids is 1. The summed E-state index contributed by atoms with van der Waals surface area (Å²) in [6.45, 7) is 0. The van der Waals surface area contributed by atoms with E-state index in [1.165, 1.54) is 0 Å². The third kappa shape index (κ3) is 2.77. The number of rotatable bonds is 6. The molecule has 0 aliphatic carbocycles. The fraction of sp³-hybridized carbons (Fsp3) is 0.667. The quantitative estimate of drug-likeness (QED) is 0.205. The molecular formula is C6H10O10S. The zero-order valence-electron chi connectivity index (χ0n) is 8.03. The van der Waals surface area contributed by atoms with E-state index in [9.17, 15) is 23.1 Å². The Labute approximate surface area is 94.5 Å². The zero-order valence-corrected chi connectivity index (χ0v) is 8.85. The van der Waals surface area contributed by atoms with Gasteiger partial charge in [-0.2, -0.15) is 8.42 Å². The van der Waals surface area contributed by atoms with Gasteiger partial charge in [0.15, 0.2) is 18.5 Å². The lowest BCUT2D eigenvalue weighted by Crippen LogP contribution is -2.63. The molecule has 6 N–H and O–H groups in total. The molecule has 0 aliphatic heterocycles. The van der Waals surface area contributed by atoms with Crippen molar-refractivity contribution in [3.05, 3.63) is 0 Å². The molecule has 0 aromatic carbocycles. The molecule has 4 atom stereocenters. The first-order chi connectivity index (χ1) is 7.50. The highest BCUT2D eigenvalue weighted by Gasteiger charge is 2.57. The van der Waals surface area contributed by atoms with Crippen LogP contribution in [0.2, 0.25) is 0 Å². The van der Waals surface area contributed by atoms with Gasteiger partial charge >= 0.3 is 16.1 Å². The summed E-state index contributed by atoms with van der Waals surface area (Å²) in [5.74, 6) is -2.14. The van der Waals surface area contributed by atoms with Crippen LogP contribution in [-0.4, -0.2) is 74.0 Å². The monoisotopic (exact) mass is 274 g/mol. The number of hydrogen-bond acceptors (Lipinski definition) is 8. The van der Waals surface area contributed by atoms with Crippen molar-refractivity contribution in [2.24, 2.45) is 0 Å². The van der Waals surface area contributed by atoms with Crippen molar-refractivity contribution in [1.82, 2.24) is 0 Å². The van der Waals surface area contributed by atoms with Gasteiger partial charge in [-0.15, -0.1) is 0 Å². The third-order valence-electron chi connectivity index (χ3n) is 1.94. The average Bonchev–Trinajstić information content (AvgIpc) is 2.22. The smallest absolute Gasteiger partial charge is 0.335 e. The molecule has 0 spiro atoms. The van der Waals surface area contributed by atoms with Crippen molar-refractivity contribution < 1.29 is 48.1 Å². The van der Waals surface area contributed by atoms with Gasteiger partial charge in [-0.3, -0.25) is 4.55 Å². The van der Waals surface area contributed by atoms with Crippen LogP contribution in [-0.2, 0) is 19.7 Å². The molecule has 0 unspecified atom stereocenters. The van der Waals surface area contributed by atoms with E-state index in [0.717, 1.165) is 0 Å². The minimum absolute atomic E-state index is 0.564. The minimum Gasteiger partial charge on any atom is -0.479 e. The van der Waals surface area contributed by atoms with Crippen LogP contribution >= 0.6 is 0 Å². The SMILES string of the molecule is O=C[C@H](O)[C@@](O)([C@H](O)[C@H](O)C(=O)O)S(=O)(=O)O. The lowest BCUT2D eigenvalue weighted by molar-refractivity contribution is -0.170. The molecule has 0 fully saturated rings. The molecule has 0 bridgehead atoms. The molecule has 0 heterocycles. The van der Waals surface area contributed by atoms with Crippen LogP contribution in [0.15, 0.2) is 0 Å². The fourth-order valence-corrected chi connectivity index (χ4v) is 1.73. The van der Waals surface area contributed by atoms with Gasteiger partial charge in [0.05, 0.1) is 0 Å². The minimum atomic E-state index is -5.65. The highest BCUT2D eigenvalue weighted by molar-refractivity contribution is 7.87. The lowest BCUT2D eigenvalue weighted by Gasteiger charge is -2.32. The topological polar surface area (TPSA) is 190 Å². The van der Waals surface area contributed by atoms with Gasteiger partial charge in [-0.25, -0.2) is 4.79 Å². The van der Waals surface area contributed by atoms with Crippen LogP contribution in [0.4, 0.5) is 0 Å². The van der Waals surface area contributed by atoms with Crippen LogP contribution in [0.5, 0.6) is 0 Å². The molecule has 0 saturated carbocycles. The second kappa shape index (κ2) is 5.03. The number of carbonyl (C=O) groups is 2. The maximum Gasteiger partial charge on any atom is 0.335 e. The number of hydrogen-bond donors (Lipinski definition) is 6. The summed E-state index contributed by atoms with van der Waals surface area (Å²) in [4.78, 5) is 16.5. The van der Waals surface area contributed by atoms with Gasteiger partial charge < -0.3 is 30.3 Å². The van der Waals surface area contributed by atoms with Gasteiger partial charge in [-0.05, 0) is 0 Å². The van der Waals surface area contributed by atoms with E-state index in [-0.39, 0.29) is 0 Å². The van der Waals surface area contributed by atoms with Gasteiger partial charge in [0.2, 0.25) is 0 Å². The second-order valence-electron chi connectivity index (χ2n) is 3.04. The van der Waals surface area contributed by atoms with E-state index in [1.54, 1.807) is 0 Å². The third-order valence-corrected chi connectivity index (χ3v) is 3.25. The van der Waals surface area contributed by atoms with Crippen LogP contribution in [0.25, 0.3) is 0 Å². The fourth-order valence-electron chi connectivity index (χ4n) is 0.939. The molecule has 17 heavy (non-hydrogen) atoms. The van der Waals surface area contributed by atoms with Crippen molar-refractivity contribution in [1.29, 1.82) is 0 Å². The van der Waals surface area contributed by atoms with E-state index < -0.39 is 45.6 Å². The summed E-state index contributed by atoms with van der Waals surface area (Å²) in [7, 11) is -5.65. The Balaban J connectivity index is 5.66. The Morgan fingerprint density at radius 1 is 1.24 bits per heavy atom. The molecule has 0 saturated heterocycles. The van der Waals surface area contributed by atoms with Crippen molar-refractivity contribution in [2.75, 3.05) is 0 Å². The summed E-state index contributed by atoms with van der Waals surface area (Å²) >= 11 is 0. The number of aliphatic hydroxyl groups is 4. The highest BCUT2D eigenvalue weighted by Crippen LogP contribution is 2.24. The Kier molecular flexibility index (Phi) is 4.70. The Morgan fingerprint density at radius 3 is 1.88 bits per heavy atom. The van der Waals surface area contributed by atoms with Crippen molar-refractivity contribution in [3.8, 4) is 0 Å². The first kappa shape index (κ1) is 15.9. The normalized spacial score (nSPS) is 21.0. The number of carbonyl (C=O) groups excluding carboxylic acids is 1. The molecule has 10 nitrogen and oxygen atoms in total. The van der Waals surface area contributed by atoms with Gasteiger partial charge in [0.1, 0.15) is 6.10 Å². The van der Waals surface area contributed by atoms with E-state index in [4.69, 9.17) is 25.0 Å². The van der Waals surface area contributed by atoms with Crippen LogP contribution in [0.3, 0.4) is 0 Å². The molecule has 0 aromatic heterocycles. The molecule has 0 aliphatic rings. The van der Waals surface area contributed by atoms with E-state index in [2.05, 4.69) is 0 Å². The summed E-state index contributed by atoms with van der Waals surface area (Å²) in [6.07, 6.45) is -9.32. The van der Waals surface area contributed by atoms with Crippen LogP contribution in [0.1, 0.15) is 0 Å². The van der Waals surface area contributed by atoms with Crippen molar-refractivity contribution in [3.63, 3.8) is 0 Å². The predicted molar refractivity (Wildman–Crippen MR) is 48.2 cm³/mol. The number of aldehydes is 1. The maximum absolute atomic E-state index is 10.7. The summed E-state index contributed by atoms with van der Waals surface area (Å²) in [6, 6.07) is 0. The Hall–Kier alpha value is -1.11. The van der Waals surface area contributed by atoms with Gasteiger partial charge in [0.25, 0.3) is 4.93 Å². The van der Waals surface area contributed by atoms with E-state index in [1.807, 2.05) is 0 Å². The Bertz CT molecular complexity index is 401. The number of aliphatic hydroxyl groups excluding tert-OH is 3. The molecule has 100 valence electrons. The van der Waals surface area contributed by atoms with Crippen molar-refractivity contribution >= 4 is 22.4 Å². The molecule has 0 rings (SSSR count). The van der Waals surface area contributed by atoms with Crippen LogP contribution < -0.4 is 0 Å². The molecule has 0 radical (unpaired) electrons. The summed E-state index contributed by atoms with van der Waals surface area (Å²) in [5.41, 5.74) is 0.